The fraction of sp³-hybridized carbons (Fsp3) is 0. The fourth-order valence-electron chi connectivity index (χ4n) is 4.30. The minimum atomic E-state index is -0.293. The predicted molar refractivity (Wildman–Crippen MR) is 131 cm³/mol. The van der Waals surface area contributed by atoms with E-state index in [1.165, 1.54) is 55.2 Å². The Hall–Kier alpha value is -3.76. The summed E-state index contributed by atoms with van der Waals surface area (Å²) in [5.74, 6) is -0.586. The molecule has 4 heteroatoms. The van der Waals surface area contributed by atoms with Gasteiger partial charge in [0.1, 0.15) is 11.6 Å². The minimum absolute atomic E-state index is 0.293. The second kappa shape index (κ2) is 7.43. The molecule has 1 nitrogen and oxygen atoms in total. The van der Waals surface area contributed by atoms with Gasteiger partial charge < -0.3 is 4.90 Å². The van der Waals surface area contributed by atoms with Crippen molar-refractivity contribution in [3.63, 3.8) is 0 Å². The van der Waals surface area contributed by atoms with Gasteiger partial charge in [-0.25, -0.2) is 8.78 Å². The average Bonchev–Trinajstić information content (AvgIpc) is 3.20. The van der Waals surface area contributed by atoms with Crippen LogP contribution in [0.1, 0.15) is 0 Å². The maximum atomic E-state index is 13.6. The lowest BCUT2D eigenvalue weighted by Crippen LogP contribution is -2.09. The van der Waals surface area contributed by atoms with Gasteiger partial charge in [-0.1, -0.05) is 30.3 Å². The van der Waals surface area contributed by atoms with E-state index in [-0.39, 0.29) is 11.6 Å². The van der Waals surface area contributed by atoms with Crippen LogP contribution in [0.5, 0.6) is 0 Å². The summed E-state index contributed by atoms with van der Waals surface area (Å²) >= 11 is 1.77. The molecule has 0 spiro atoms. The molecule has 5 aromatic carbocycles. The summed E-state index contributed by atoms with van der Waals surface area (Å²) < 4.78 is 29.7. The van der Waals surface area contributed by atoms with Gasteiger partial charge in [0.2, 0.25) is 0 Å². The number of halogens is 2. The molecule has 0 aliphatic heterocycles. The van der Waals surface area contributed by atoms with Crippen LogP contribution in [-0.4, -0.2) is 0 Å². The van der Waals surface area contributed by atoms with E-state index in [4.69, 9.17) is 0 Å². The highest BCUT2D eigenvalue weighted by atomic mass is 32.1. The Balaban J connectivity index is 1.62. The Labute approximate surface area is 187 Å². The molecule has 0 aliphatic carbocycles. The van der Waals surface area contributed by atoms with Crippen LogP contribution in [0.15, 0.2) is 103 Å². The maximum absolute atomic E-state index is 13.6. The van der Waals surface area contributed by atoms with E-state index in [2.05, 4.69) is 54.6 Å². The molecule has 0 saturated carbocycles. The van der Waals surface area contributed by atoms with Gasteiger partial charge in [-0.15, -0.1) is 11.3 Å². The summed E-state index contributed by atoms with van der Waals surface area (Å²) in [5, 5.41) is 4.85. The van der Waals surface area contributed by atoms with Crippen molar-refractivity contribution < 1.29 is 8.78 Å². The third-order valence-electron chi connectivity index (χ3n) is 5.77. The van der Waals surface area contributed by atoms with E-state index in [0.29, 0.717) is 0 Å². The van der Waals surface area contributed by atoms with Crippen LogP contribution >= 0.6 is 11.3 Å². The second-order valence-electron chi connectivity index (χ2n) is 7.73. The van der Waals surface area contributed by atoms with Crippen LogP contribution in [0, 0.1) is 11.6 Å². The number of thiophene rings is 1. The Morgan fingerprint density at radius 2 is 1.12 bits per heavy atom. The van der Waals surface area contributed by atoms with Crippen molar-refractivity contribution in [1.29, 1.82) is 0 Å². The van der Waals surface area contributed by atoms with Gasteiger partial charge in [0.25, 0.3) is 0 Å². The average molecular weight is 438 g/mol. The summed E-state index contributed by atoms with van der Waals surface area (Å²) in [4.78, 5) is 2.02. The van der Waals surface area contributed by atoms with Gasteiger partial charge in [0.05, 0.1) is 0 Å². The van der Waals surface area contributed by atoms with Crippen molar-refractivity contribution in [1.82, 2.24) is 0 Å². The third kappa shape index (κ3) is 3.12. The van der Waals surface area contributed by atoms with Crippen LogP contribution in [0.3, 0.4) is 0 Å². The zero-order valence-corrected chi connectivity index (χ0v) is 17.7. The molecule has 0 unspecified atom stereocenters. The lowest BCUT2D eigenvalue weighted by molar-refractivity contribution is 0.628. The Bertz CT molecular complexity index is 1540. The Morgan fingerprint density at radius 3 is 1.81 bits per heavy atom. The number of hydrogen-bond donors (Lipinski definition) is 0. The van der Waals surface area contributed by atoms with Crippen LogP contribution in [0.25, 0.3) is 30.9 Å². The molecule has 0 saturated heterocycles. The molecule has 0 fully saturated rings. The van der Waals surface area contributed by atoms with Gasteiger partial charge in [-0.2, -0.15) is 0 Å². The number of rotatable bonds is 3. The van der Waals surface area contributed by atoms with Crippen molar-refractivity contribution in [2.75, 3.05) is 4.90 Å². The molecule has 154 valence electrons. The number of nitrogens with zero attached hydrogens (tertiary/aromatic N) is 1. The molecule has 0 N–H and O–H groups in total. The van der Waals surface area contributed by atoms with E-state index in [9.17, 15) is 8.78 Å². The molecule has 6 aromatic rings. The molecule has 1 aromatic heterocycles. The number of benzene rings is 5. The number of anilines is 3. The highest BCUT2D eigenvalue weighted by molar-refractivity contribution is 7.26. The molecule has 0 amide bonds. The number of hydrogen-bond acceptors (Lipinski definition) is 2. The van der Waals surface area contributed by atoms with Crippen molar-refractivity contribution in [2.45, 2.75) is 0 Å². The topological polar surface area (TPSA) is 3.24 Å². The van der Waals surface area contributed by atoms with Crippen LogP contribution in [0.2, 0.25) is 0 Å². The molecule has 32 heavy (non-hydrogen) atoms. The first-order chi connectivity index (χ1) is 15.7. The minimum Gasteiger partial charge on any atom is -0.310 e. The van der Waals surface area contributed by atoms with E-state index in [0.717, 1.165) is 17.1 Å². The van der Waals surface area contributed by atoms with Crippen molar-refractivity contribution in [2.24, 2.45) is 0 Å². The molecule has 6 rings (SSSR count). The lowest BCUT2D eigenvalue weighted by atomic mass is 10.0. The van der Waals surface area contributed by atoms with Crippen molar-refractivity contribution >= 4 is 59.3 Å². The molecule has 0 radical (unpaired) electrons. The molecule has 0 aliphatic rings. The smallest absolute Gasteiger partial charge is 0.123 e. The van der Waals surface area contributed by atoms with E-state index in [1.807, 2.05) is 4.90 Å². The summed E-state index contributed by atoms with van der Waals surface area (Å²) in [6, 6.07) is 31.9. The van der Waals surface area contributed by atoms with E-state index in [1.54, 1.807) is 35.6 Å². The summed E-state index contributed by atoms with van der Waals surface area (Å²) in [5.41, 5.74) is 2.55. The second-order valence-corrected chi connectivity index (χ2v) is 8.81. The Kier molecular flexibility index (Phi) is 4.40. The summed E-state index contributed by atoms with van der Waals surface area (Å²) in [6.45, 7) is 0. The van der Waals surface area contributed by atoms with Gasteiger partial charge in [0, 0.05) is 37.2 Å². The highest BCUT2D eigenvalue weighted by Gasteiger charge is 2.16. The standard InChI is InChI=1S/C28H17F2NS/c29-19-6-10-21(11-7-19)31(22-12-8-20(30)9-13-22)23-14-16-26-25(17-23)28-24-4-2-1-3-18(24)5-15-27(28)32-26/h1-17H. The maximum Gasteiger partial charge on any atom is 0.123 e. The monoisotopic (exact) mass is 437 g/mol. The van der Waals surface area contributed by atoms with Crippen molar-refractivity contribution in [3.05, 3.63) is 115 Å². The van der Waals surface area contributed by atoms with E-state index >= 15 is 0 Å². The van der Waals surface area contributed by atoms with Gasteiger partial charge in [-0.3, -0.25) is 0 Å². The largest absolute Gasteiger partial charge is 0.310 e. The predicted octanol–water partition coefficient (Wildman–Crippen LogP) is 8.96. The zero-order valence-electron chi connectivity index (χ0n) is 16.9. The van der Waals surface area contributed by atoms with Crippen LogP contribution in [-0.2, 0) is 0 Å². The summed E-state index contributed by atoms with van der Waals surface area (Å²) in [6.07, 6.45) is 0. The quantitative estimate of drug-likeness (QED) is 0.267. The third-order valence-corrected chi connectivity index (χ3v) is 6.91. The summed E-state index contributed by atoms with van der Waals surface area (Å²) in [7, 11) is 0. The first kappa shape index (κ1) is 19.0. The fourth-order valence-corrected chi connectivity index (χ4v) is 5.40. The SMILES string of the molecule is Fc1ccc(N(c2ccc(F)cc2)c2ccc3sc4ccc5ccccc5c4c3c2)cc1. The highest BCUT2D eigenvalue weighted by Crippen LogP contribution is 2.42. The first-order valence-electron chi connectivity index (χ1n) is 10.3. The molecule has 0 bridgehead atoms. The van der Waals surface area contributed by atoms with Gasteiger partial charge in [0.15, 0.2) is 0 Å². The van der Waals surface area contributed by atoms with Crippen molar-refractivity contribution in [3.8, 4) is 0 Å². The van der Waals surface area contributed by atoms with Crippen LogP contribution in [0.4, 0.5) is 25.8 Å². The zero-order chi connectivity index (χ0) is 21.7. The number of fused-ring (bicyclic) bond motifs is 5. The van der Waals surface area contributed by atoms with Gasteiger partial charge in [-0.05, 0) is 83.6 Å². The van der Waals surface area contributed by atoms with Gasteiger partial charge >= 0.3 is 0 Å². The van der Waals surface area contributed by atoms with E-state index < -0.39 is 0 Å². The Morgan fingerprint density at radius 1 is 0.531 bits per heavy atom. The molecular formula is C28H17F2NS. The first-order valence-corrected chi connectivity index (χ1v) is 11.1. The normalized spacial score (nSPS) is 11.4. The molecule has 1 heterocycles. The van der Waals surface area contributed by atoms with Crippen LogP contribution < -0.4 is 4.90 Å². The molecule has 0 atom stereocenters. The molecular weight excluding hydrogens is 420 g/mol. The lowest BCUT2D eigenvalue weighted by Gasteiger charge is -2.25.